The maximum Gasteiger partial charge on any atom is 0.127 e. The van der Waals surface area contributed by atoms with Gasteiger partial charge in [-0.2, -0.15) is 0 Å². The summed E-state index contributed by atoms with van der Waals surface area (Å²) in [5.74, 6) is 0.998. The normalized spacial score (nSPS) is 15.5. The summed E-state index contributed by atoms with van der Waals surface area (Å²) in [6.45, 7) is 12.5. The van der Waals surface area contributed by atoms with Gasteiger partial charge in [0.2, 0.25) is 0 Å². The molecule has 0 aliphatic carbocycles. The van der Waals surface area contributed by atoms with Gasteiger partial charge in [0.15, 0.2) is 0 Å². The van der Waals surface area contributed by atoms with Gasteiger partial charge in [0.1, 0.15) is 6.10 Å². The highest BCUT2D eigenvalue weighted by molar-refractivity contribution is 5.83. The molecule has 0 fully saturated rings. The van der Waals surface area contributed by atoms with Gasteiger partial charge in [0.05, 0.1) is 5.71 Å². The van der Waals surface area contributed by atoms with Crippen molar-refractivity contribution < 1.29 is 4.84 Å². The van der Waals surface area contributed by atoms with Gasteiger partial charge in [-0.15, -0.1) is 0 Å². The van der Waals surface area contributed by atoms with Gasteiger partial charge in [-0.05, 0) is 25.7 Å². The summed E-state index contributed by atoms with van der Waals surface area (Å²) in [7, 11) is 0. The largest absolute Gasteiger partial charge is 0.393 e. The summed E-state index contributed by atoms with van der Waals surface area (Å²) < 4.78 is 0. The summed E-state index contributed by atoms with van der Waals surface area (Å²) in [6, 6.07) is 0. The van der Waals surface area contributed by atoms with Crippen molar-refractivity contribution in [2.24, 2.45) is 17.0 Å². The van der Waals surface area contributed by atoms with Crippen molar-refractivity contribution in [1.29, 1.82) is 0 Å². The van der Waals surface area contributed by atoms with Crippen LogP contribution in [-0.2, 0) is 4.84 Å². The molecule has 0 radical (unpaired) electrons. The van der Waals surface area contributed by atoms with Crippen molar-refractivity contribution in [3.05, 3.63) is 0 Å². The number of hydrogen-bond donors (Lipinski definition) is 0. The standard InChI is InChI=1S/C10H21NO/c1-7(2)9(5)11-12-10(6)8(3)4/h7-8,10H,1-6H3/b11-9-. The van der Waals surface area contributed by atoms with Crippen LogP contribution in [0.1, 0.15) is 41.5 Å². The molecular weight excluding hydrogens is 150 g/mol. The molecule has 2 nitrogen and oxygen atoms in total. The van der Waals surface area contributed by atoms with Gasteiger partial charge >= 0.3 is 0 Å². The average Bonchev–Trinajstić information content (AvgIpc) is 1.98. The topological polar surface area (TPSA) is 21.6 Å². The zero-order valence-electron chi connectivity index (χ0n) is 9.09. The fourth-order valence-electron chi connectivity index (χ4n) is 0.393. The van der Waals surface area contributed by atoms with E-state index in [0.29, 0.717) is 11.8 Å². The van der Waals surface area contributed by atoms with Crippen LogP contribution in [0, 0.1) is 11.8 Å². The van der Waals surface area contributed by atoms with E-state index >= 15 is 0 Å². The molecule has 0 N–H and O–H groups in total. The maximum atomic E-state index is 5.31. The van der Waals surface area contributed by atoms with E-state index in [4.69, 9.17) is 4.84 Å². The highest BCUT2D eigenvalue weighted by Gasteiger charge is 2.07. The van der Waals surface area contributed by atoms with Gasteiger partial charge in [0.25, 0.3) is 0 Å². The number of rotatable bonds is 4. The third-order valence-corrected chi connectivity index (χ3v) is 2.14. The highest BCUT2D eigenvalue weighted by Crippen LogP contribution is 2.06. The van der Waals surface area contributed by atoms with E-state index in [0.717, 1.165) is 5.71 Å². The van der Waals surface area contributed by atoms with Crippen LogP contribution in [0.25, 0.3) is 0 Å². The van der Waals surface area contributed by atoms with Crippen molar-refractivity contribution >= 4 is 5.71 Å². The highest BCUT2D eigenvalue weighted by atomic mass is 16.6. The van der Waals surface area contributed by atoms with Crippen LogP contribution in [0.5, 0.6) is 0 Å². The second-order valence-electron chi connectivity index (χ2n) is 3.94. The molecule has 0 aromatic heterocycles. The summed E-state index contributed by atoms with van der Waals surface area (Å²) >= 11 is 0. The Morgan fingerprint density at radius 2 is 1.58 bits per heavy atom. The smallest absolute Gasteiger partial charge is 0.127 e. The molecule has 0 aromatic carbocycles. The molecule has 0 aliphatic rings. The summed E-state index contributed by atoms with van der Waals surface area (Å²) in [5, 5.41) is 4.06. The quantitative estimate of drug-likeness (QED) is 0.470. The predicted molar refractivity (Wildman–Crippen MR) is 53.3 cm³/mol. The Labute approximate surface area is 76.0 Å². The van der Waals surface area contributed by atoms with Gasteiger partial charge in [-0.1, -0.05) is 32.9 Å². The minimum Gasteiger partial charge on any atom is -0.393 e. The number of nitrogens with zero attached hydrogens (tertiary/aromatic N) is 1. The second-order valence-corrected chi connectivity index (χ2v) is 3.94. The lowest BCUT2D eigenvalue weighted by molar-refractivity contribution is 0.0394. The molecular formula is C10H21NO. The van der Waals surface area contributed by atoms with E-state index < -0.39 is 0 Å². The minimum absolute atomic E-state index is 0.207. The van der Waals surface area contributed by atoms with E-state index in [1.165, 1.54) is 0 Å². The molecule has 0 heterocycles. The third-order valence-electron chi connectivity index (χ3n) is 2.14. The Bertz CT molecular complexity index is 150. The number of oxime groups is 1. The molecule has 0 rings (SSSR count). The van der Waals surface area contributed by atoms with Crippen LogP contribution >= 0.6 is 0 Å². The molecule has 0 aromatic rings. The van der Waals surface area contributed by atoms with Crippen molar-refractivity contribution in [3.8, 4) is 0 Å². The Balaban J connectivity index is 3.87. The minimum atomic E-state index is 0.207. The molecule has 0 amide bonds. The summed E-state index contributed by atoms with van der Waals surface area (Å²) in [4.78, 5) is 5.31. The van der Waals surface area contributed by atoms with E-state index in [-0.39, 0.29) is 6.10 Å². The third kappa shape index (κ3) is 4.37. The second kappa shape index (κ2) is 5.18. The van der Waals surface area contributed by atoms with Gasteiger partial charge in [-0.3, -0.25) is 0 Å². The van der Waals surface area contributed by atoms with Crippen LogP contribution in [0.3, 0.4) is 0 Å². The first-order valence-electron chi connectivity index (χ1n) is 4.65. The first kappa shape index (κ1) is 11.5. The fourth-order valence-corrected chi connectivity index (χ4v) is 0.393. The number of hydrogen-bond acceptors (Lipinski definition) is 2. The first-order chi connectivity index (χ1) is 5.45. The first-order valence-corrected chi connectivity index (χ1v) is 4.65. The van der Waals surface area contributed by atoms with Crippen LogP contribution in [0.15, 0.2) is 5.16 Å². The van der Waals surface area contributed by atoms with Crippen LogP contribution < -0.4 is 0 Å². The lowest BCUT2D eigenvalue weighted by Crippen LogP contribution is -2.14. The van der Waals surface area contributed by atoms with Crippen LogP contribution in [-0.4, -0.2) is 11.8 Å². The molecule has 72 valence electrons. The van der Waals surface area contributed by atoms with E-state index in [1.54, 1.807) is 0 Å². The molecule has 0 saturated heterocycles. The molecule has 0 saturated carbocycles. The van der Waals surface area contributed by atoms with Gasteiger partial charge < -0.3 is 4.84 Å². The Morgan fingerprint density at radius 3 is 1.92 bits per heavy atom. The Kier molecular flexibility index (Phi) is 4.95. The molecule has 1 atom stereocenters. The van der Waals surface area contributed by atoms with Crippen molar-refractivity contribution in [3.63, 3.8) is 0 Å². The molecule has 0 bridgehead atoms. The van der Waals surface area contributed by atoms with E-state index in [9.17, 15) is 0 Å². The monoisotopic (exact) mass is 171 g/mol. The lowest BCUT2D eigenvalue weighted by atomic mass is 10.1. The Hall–Kier alpha value is -0.530. The molecule has 2 heteroatoms. The SMILES string of the molecule is C/C(=N/OC(C)C(C)C)C(C)C. The zero-order valence-corrected chi connectivity index (χ0v) is 9.09. The van der Waals surface area contributed by atoms with E-state index in [1.807, 2.05) is 13.8 Å². The van der Waals surface area contributed by atoms with Gasteiger partial charge in [0, 0.05) is 0 Å². The molecule has 0 spiro atoms. The van der Waals surface area contributed by atoms with Crippen molar-refractivity contribution in [2.45, 2.75) is 47.6 Å². The molecule has 12 heavy (non-hydrogen) atoms. The average molecular weight is 171 g/mol. The molecule has 0 aliphatic heterocycles. The van der Waals surface area contributed by atoms with Crippen LogP contribution in [0.2, 0.25) is 0 Å². The van der Waals surface area contributed by atoms with Gasteiger partial charge in [-0.25, -0.2) is 0 Å². The van der Waals surface area contributed by atoms with Crippen molar-refractivity contribution in [2.75, 3.05) is 0 Å². The van der Waals surface area contributed by atoms with E-state index in [2.05, 4.69) is 32.9 Å². The van der Waals surface area contributed by atoms with Crippen molar-refractivity contribution in [1.82, 2.24) is 0 Å². The molecule has 1 unspecified atom stereocenters. The maximum absolute atomic E-state index is 5.31. The predicted octanol–water partition coefficient (Wildman–Crippen LogP) is 3.08. The Morgan fingerprint density at radius 1 is 1.08 bits per heavy atom. The van der Waals surface area contributed by atoms with Crippen LogP contribution in [0.4, 0.5) is 0 Å². The zero-order chi connectivity index (χ0) is 9.72. The summed E-state index contributed by atoms with van der Waals surface area (Å²) in [6.07, 6.45) is 0.207. The lowest BCUT2D eigenvalue weighted by Gasteiger charge is -2.14. The fraction of sp³-hybridized carbons (Fsp3) is 0.900. The summed E-state index contributed by atoms with van der Waals surface area (Å²) in [5.41, 5.74) is 1.06.